The van der Waals surface area contributed by atoms with Crippen molar-refractivity contribution in [1.29, 1.82) is 0 Å². The van der Waals surface area contributed by atoms with Crippen LogP contribution < -0.4 is 10.1 Å². The van der Waals surface area contributed by atoms with Crippen molar-refractivity contribution in [3.8, 4) is 0 Å². The van der Waals surface area contributed by atoms with Crippen LogP contribution in [0.4, 0.5) is 0 Å². The normalized spacial score (nSPS) is 11.7. The van der Waals surface area contributed by atoms with Gasteiger partial charge in [-0.1, -0.05) is 30.3 Å². The van der Waals surface area contributed by atoms with Crippen molar-refractivity contribution in [2.45, 2.75) is 4.90 Å². The maximum Gasteiger partial charge on any atom is 0.255 e. The lowest BCUT2D eigenvalue weighted by molar-refractivity contribution is -0.119. The van der Waals surface area contributed by atoms with Gasteiger partial charge in [-0.3, -0.25) is 9.78 Å². The molecule has 0 atom stereocenters. The van der Waals surface area contributed by atoms with Gasteiger partial charge in [-0.2, -0.15) is 5.10 Å². The summed E-state index contributed by atoms with van der Waals surface area (Å²) in [6.07, 6.45) is 2.86. The summed E-state index contributed by atoms with van der Waals surface area (Å²) in [6.45, 7) is -0.433. The Hall–Kier alpha value is -3.17. The van der Waals surface area contributed by atoms with Crippen molar-refractivity contribution in [3.63, 3.8) is 0 Å². The van der Waals surface area contributed by atoms with Crippen molar-refractivity contribution in [2.75, 3.05) is 6.54 Å². The van der Waals surface area contributed by atoms with Gasteiger partial charge in [-0.25, -0.2) is 23.5 Å². The lowest BCUT2D eigenvalue weighted by Crippen LogP contribution is -2.34. The van der Waals surface area contributed by atoms with Crippen molar-refractivity contribution in [1.82, 2.24) is 20.1 Å². The first-order chi connectivity index (χ1) is 12.5. The third kappa shape index (κ3) is 4.47. The van der Waals surface area contributed by atoms with Crippen LogP contribution in [0.5, 0.6) is 0 Å². The molecular formula is C17H15N5O3S. The third-order valence-electron chi connectivity index (χ3n) is 3.33. The van der Waals surface area contributed by atoms with Crippen LogP contribution >= 0.6 is 0 Å². The SMILES string of the molecule is O=C(CNS(=O)(=O)c1ccccc1)N/N=C\c1cnc2ccccc2n1. The number of rotatable bonds is 6. The number of para-hydroxylation sites is 2. The predicted molar refractivity (Wildman–Crippen MR) is 96.9 cm³/mol. The topological polar surface area (TPSA) is 113 Å². The third-order valence-corrected chi connectivity index (χ3v) is 4.75. The van der Waals surface area contributed by atoms with E-state index in [-0.39, 0.29) is 4.90 Å². The zero-order valence-electron chi connectivity index (χ0n) is 13.5. The number of hydrogen-bond donors (Lipinski definition) is 2. The number of benzene rings is 2. The summed E-state index contributed by atoms with van der Waals surface area (Å²) < 4.78 is 26.2. The van der Waals surface area contributed by atoms with E-state index in [1.54, 1.807) is 18.2 Å². The fourth-order valence-electron chi connectivity index (χ4n) is 2.09. The van der Waals surface area contributed by atoms with Crippen molar-refractivity contribution >= 4 is 33.2 Å². The first-order valence-electron chi connectivity index (χ1n) is 7.63. The maximum atomic E-state index is 12.0. The number of fused-ring (bicyclic) bond motifs is 1. The van der Waals surface area contributed by atoms with E-state index in [1.165, 1.54) is 24.5 Å². The molecule has 0 unspecified atom stereocenters. The van der Waals surface area contributed by atoms with Gasteiger partial charge in [0.15, 0.2) is 0 Å². The summed E-state index contributed by atoms with van der Waals surface area (Å²) in [7, 11) is -3.74. The standard InChI is InChI=1S/C17H15N5O3S/c23-17(12-20-26(24,25)14-6-2-1-3-7-14)22-19-11-13-10-18-15-8-4-5-9-16(15)21-13/h1-11,20H,12H2,(H,22,23)/b19-11-. The molecule has 9 heteroatoms. The van der Waals surface area contributed by atoms with Gasteiger partial charge in [0.05, 0.1) is 34.9 Å². The number of carbonyl (C=O) groups is 1. The molecular weight excluding hydrogens is 354 g/mol. The Balaban J connectivity index is 1.55. The van der Waals surface area contributed by atoms with Crippen LogP contribution in [0.3, 0.4) is 0 Å². The molecule has 0 radical (unpaired) electrons. The molecule has 2 N–H and O–H groups in total. The summed E-state index contributed by atoms with van der Waals surface area (Å²) in [5, 5.41) is 3.76. The number of sulfonamides is 1. The highest BCUT2D eigenvalue weighted by atomic mass is 32.2. The summed E-state index contributed by atoms with van der Waals surface area (Å²) in [5.41, 5.74) is 4.17. The average molecular weight is 369 g/mol. The monoisotopic (exact) mass is 369 g/mol. The van der Waals surface area contributed by atoms with E-state index in [9.17, 15) is 13.2 Å². The van der Waals surface area contributed by atoms with Gasteiger partial charge in [-0.05, 0) is 24.3 Å². The van der Waals surface area contributed by atoms with Crippen LogP contribution in [-0.2, 0) is 14.8 Å². The van der Waals surface area contributed by atoms with E-state index >= 15 is 0 Å². The van der Waals surface area contributed by atoms with Gasteiger partial charge in [0.2, 0.25) is 10.0 Å². The fraction of sp³-hybridized carbons (Fsp3) is 0.0588. The highest BCUT2D eigenvalue weighted by Gasteiger charge is 2.14. The van der Waals surface area contributed by atoms with E-state index in [0.717, 1.165) is 5.52 Å². The van der Waals surface area contributed by atoms with Gasteiger partial charge in [0.1, 0.15) is 5.69 Å². The molecule has 2 aromatic carbocycles. The largest absolute Gasteiger partial charge is 0.272 e. The Morgan fingerprint density at radius 1 is 1.04 bits per heavy atom. The Morgan fingerprint density at radius 3 is 2.50 bits per heavy atom. The summed E-state index contributed by atoms with van der Waals surface area (Å²) in [5.74, 6) is -0.602. The Kier molecular flexibility index (Phi) is 5.30. The number of aromatic nitrogens is 2. The molecule has 0 aliphatic rings. The quantitative estimate of drug-likeness (QED) is 0.498. The summed E-state index contributed by atoms with van der Waals surface area (Å²) >= 11 is 0. The van der Waals surface area contributed by atoms with Crippen LogP contribution in [0.1, 0.15) is 5.69 Å². The predicted octanol–water partition coefficient (Wildman–Crippen LogP) is 1.06. The van der Waals surface area contributed by atoms with Crippen molar-refractivity contribution in [2.24, 2.45) is 5.10 Å². The van der Waals surface area contributed by atoms with Gasteiger partial charge >= 0.3 is 0 Å². The lowest BCUT2D eigenvalue weighted by atomic mass is 10.3. The van der Waals surface area contributed by atoms with Crippen LogP contribution in [-0.4, -0.2) is 37.1 Å². The number of nitrogens with one attached hydrogen (secondary N) is 2. The van der Waals surface area contributed by atoms with Gasteiger partial charge in [0, 0.05) is 0 Å². The molecule has 3 aromatic rings. The molecule has 0 bridgehead atoms. The Bertz CT molecular complexity index is 1050. The highest BCUT2D eigenvalue weighted by Crippen LogP contribution is 2.07. The molecule has 1 heterocycles. The van der Waals surface area contributed by atoms with Crippen LogP contribution in [0, 0.1) is 0 Å². The molecule has 132 valence electrons. The number of nitrogens with zero attached hydrogens (tertiary/aromatic N) is 3. The van der Waals surface area contributed by atoms with Gasteiger partial charge in [-0.15, -0.1) is 0 Å². The van der Waals surface area contributed by atoms with Gasteiger partial charge in [0.25, 0.3) is 5.91 Å². The molecule has 8 nitrogen and oxygen atoms in total. The Labute approximate surface area is 150 Å². The van der Waals surface area contributed by atoms with E-state index in [1.807, 2.05) is 24.3 Å². The molecule has 0 saturated heterocycles. The lowest BCUT2D eigenvalue weighted by Gasteiger charge is -2.05. The zero-order chi connectivity index (χ0) is 18.4. The first kappa shape index (κ1) is 17.6. The van der Waals surface area contributed by atoms with Crippen molar-refractivity contribution < 1.29 is 13.2 Å². The molecule has 0 fully saturated rings. The van der Waals surface area contributed by atoms with Gasteiger partial charge < -0.3 is 0 Å². The number of carbonyl (C=O) groups excluding carboxylic acids is 1. The number of amides is 1. The fourth-order valence-corrected chi connectivity index (χ4v) is 3.09. The van der Waals surface area contributed by atoms with E-state index < -0.39 is 22.5 Å². The molecule has 26 heavy (non-hydrogen) atoms. The smallest absolute Gasteiger partial charge is 0.255 e. The molecule has 1 amide bonds. The number of hydrazone groups is 1. The zero-order valence-corrected chi connectivity index (χ0v) is 14.3. The second-order valence-electron chi connectivity index (χ2n) is 5.21. The number of hydrogen-bond acceptors (Lipinski definition) is 6. The average Bonchev–Trinajstić information content (AvgIpc) is 2.67. The van der Waals surface area contributed by atoms with E-state index in [2.05, 4.69) is 25.2 Å². The minimum atomic E-state index is -3.74. The maximum absolute atomic E-state index is 12.0. The van der Waals surface area contributed by atoms with E-state index in [0.29, 0.717) is 11.2 Å². The molecule has 0 spiro atoms. The minimum absolute atomic E-state index is 0.0859. The first-order valence-corrected chi connectivity index (χ1v) is 9.11. The summed E-state index contributed by atoms with van der Waals surface area (Å²) in [4.78, 5) is 20.4. The van der Waals surface area contributed by atoms with Crippen LogP contribution in [0.25, 0.3) is 11.0 Å². The van der Waals surface area contributed by atoms with Crippen molar-refractivity contribution in [3.05, 3.63) is 66.5 Å². The highest BCUT2D eigenvalue weighted by molar-refractivity contribution is 7.89. The molecule has 3 rings (SSSR count). The van der Waals surface area contributed by atoms with Crippen LogP contribution in [0.2, 0.25) is 0 Å². The van der Waals surface area contributed by atoms with Crippen LogP contribution in [0.15, 0.2) is 70.8 Å². The molecule has 1 aromatic heterocycles. The second-order valence-corrected chi connectivity index (χ2v) is 6.98. The summed E-state index contributed by atoms with van der Waals surface area (Å²) in [6, 6.07) is 15.2. The minimum Gasteiger partial charge on any atom is -0.272 e. The second kappa shape index (κ2) is 7.81. The molecule has 0 aliphatic carbocycles. The van der Waals surface area contributed by atoms with E-state index in [4.69, 9.17) is 0 Å². The molecule has 0 saturated carbocycles. The Morgan fingerprint density at radius 2 is 1.73 bits per heavy atom. The molecule has 0 aliphatic heterocycles.